The second-order valence-electron chi connectivity index (χ2n) is 6.36. The highest BCUT2D eigenvalue weighted by atomic mass is 19.3. The van der Waals surface area contributed by atoms with Gasteiger partial charge in [-0.2, -0.15) is 0 Å². The van der Waals surface area contributed by atoms with Crippen LogP contribution in [0.3, 0.4) is 0 Å². The van der Waals surface area contributed by atoms with Crippen molar-refractivity contribution in [1.82, 2.24) is 14.5 Å². The van der Waals surface area contributed by atoms with E-state index in [-0.39, 0.29) is 12.4 Å². The van der Waals surface area contributed by atoms with Crippen LogP contribution in [0.1, 0.15) is 39.3 Å². The van der Waals surface area contributed by atoms with Crippen molar-refractivity contribution in [3.05, 3.63) is 36.5 Å². The van der Waals surface area contributed by atoms with E-state index in [4.69, 9.17) is 10.5 Å². The number of hydrogen-bond acceptors (Lipinski definition) is 4. The first-order valence-electron chi connectivity index (χ1n) is 7.47. The highest BCUT2D eigenvalue weighted by Crippen LogP contribution is 2.29. The van der Waals surface area contributed by atoms with Gasteiger partial charge in [0, 0.05) is 17.9 Å². The maximum Gasteiger partial charge on any atom is 0.284 e. The zero-order chi connectivity index (χ0) is 17.0. The number of ether oxygens (including phenoxy) is 1. The average molecular weight is 324 g/mol. The van der Waals surface area contributed by atoms with Gasteiger partial charge in [-0.15, -0.1) is 0 Å². The Balaban J connectivity index is 2.18. The quantitative estimate of drug-likeness (QED) is 0.848. The smallest absolute Gasteiger partial charge is 0.284 e. The molecule has 2 N–H and O–H groups in total. The van der Waals surface area contributed by atoms with Crippen LogP contribution in [-0.2, 0) is 0 Å². The van der Waals surface area contributed by atoms with E-state index in [1.54, 1.807) is 23.0 Å². The lowest BCUT2D eigenvalue weighted by Crippen LogP contribution is -2.43. The molecular formula is C16H22F2N4O. The minimum absolute atomic E-state index is 0.0595. The minimum atomic E-state index is -2.73. The van der Waals surface area contributed by atoms with E-state index in [0.717, 1.165) is 6.42 Å². The fraction of sp³-hybridized carbons (Fsp3) is 0.500. The maximum absolute atomic E-state index is 13.3. The number of hydrogen-bond donors (Lipinski definition) is 1. The second-order valence-corrected chi connectivity index (χ2v) is 6.36. The number of pyridine rings is 1. The first kappa shape index (κ1) is 17.3. The van der Waals surface area contributed by atoms with Gasteiger partial charge in [0.15, 0.2) is 5.69 Å². The Morgan fingerprint density at radius 3 is 2.65 bits per heavy atom. The Labute approximate surface area is 134 Å². The standard InChI is InChI=1S/C16H22F2N4O/c1-11(2)8-16(3,19)9-23-12-4-5-13(21-14(12)15(17)18)22-7-6-20-10-22/h4-7,10-11,15H,8-9,19H2,1-3H3/t16-/m0/s1. The van der Waals surface area contributed by atoms with Gasteiger partial charge in [0.25, 0.3) is 6.43 Å². The van der Waals surface area contributed by atoms with Crippen LogP contribution in [0.4, 0.5) is 8.78 Å². The van der Waals surface area contributed by atoms with Gasteiger partial charge in [0.2, 0.25) is 0 Å². The highest BCUT2D eigenvalue weighted by molar-refractivity contribution is 5.36. The molecule has 0 aromatic carbocycles. The molecule has 0 aliphatic heterocycles. The Bertz CT molecular complexity index is 627. The molecule has 126 valence electrons. The number of aromatic nitrogens is 3. The molecule has 0 amide bonds. The van der Waals surface area contributed by atoms with Crippen LogP contribution in [-0.4, -0.2) is 26.7 Å². The molecule has 2 aromatic heterocycles. The van der Waals surface area contributed by atoms with E-state index in [1.165, 1.54) is 12.4 Å². The summed E-state index contributed by atoms with van der Waals surface area (Å²) in [6.07, 6.45) is 2.69. The summed E-state index contributed by atoms with van der Waals surface area (Å²) >= 11 is 0. The Morgan fingerprint density at radius 1 is 1.35 bits per heavy atom. The van der Waals surface area contributed by atoms with E-state index < -0.39 is 17.7 Å². The molecule has 2 rings (SSSR count). The molecule has 7 heteroatoms. The fourth-order valence-electron chi connectivity index (χ4n) is 2.50. The van der Waals surface area contributed by atoms with Gasteiger partial charge in [-0.3, -0.25) is 4.57 Å². The van der Waals surface area contributed by atoms with Crippen molar-refractivity contribution < 1.29 is 13.5 Å². The molecule has 1 atom stereocenters. The van der Waals surface area contributed by atoms with Crippen LogP contribution >= 0.6 is 0 Å². The lowest BCUT2D eigenvalue weighted by molar-refractivity contribution is 0.134. The number of imidazole rings is 1. The molecule has 0 radical (unpaired) electrons. The van der Waals surface area contributed by atoms with E-state index in [9.17, 15) is 8.78 Å². The van der Waals surface area contributed by atoms with Gasteiger partial charge in [-0.1, -0.05) is 13.8 Å². The summed E-state index contributed by atoms with van der Waals surface area (Å²) in [5, 5.41) is 0. The average Bonchev–Trinajstić information content (AvgIpc) is 2.97. The van der Waals surface area contributed by atoms with Gasteiger partial charge < -0.3 is 10.5 Å². The van der Waals surface area contributed by atoms with Gasteiger partial charge in [0.05, 0.1) is 0 Å². The van der Waals surface area contributed by atoms with Crippen LogP contribution < -0.4 is 10.5 Å². The topological polar surface area (TPSA) is 66.0 Å². The molecule has 0 aliphatic rings. The monoisotopic (exact) mass is 324 g/mol. The van der Waals surface area contributed by atoms with Crippen LogP contribution in [0.15, 0.2) is 30.9 Å². The third-order valence-corrected chi connectivity index (χ3v) is 3.28. The number of halogens is 2. The van der Waals surface area contributed by atoms with Crippen molar-refractivity contribution >= 4 is 0 Å². The van der Waals surface area contributed by atoms with Crippen molar-refractivity contribution in [2.75, 3.05) is 6.61 Å². The maximum atomic E-state index is 13.3. The molecule has 5 nitrogen and oxygen atoms in total. The molecular weight excluding hydrogens is 302 g/mol. The van der Waals surface area contributed by atoms with Crippen molar-refractivity contribution in [2.45, 2.75) is 39.2 Å². The summed E-state index contributed by atoms with van der Waals surface area (Å²) in [5.41, 5.74) is 5.17. The zero-order valence-electron chi connectivity index (χ0n) is 13.5. The number of nitrogens with two attached hydrogens (primary N) is 1. The summed E-state index contributed by atoms with van der Waals surface area (Å²) in [7, 11) is 0. The molecule has 0 saturated carbocycles. The van der Waals surface area contributed by atoms with E-state index in [1.807, 2.05) is 6.92 Å². The largest absolute Gasteiger partial charge is 0.490 e. The Morgan fingerprint density at radius 2 is 2.09 bits per heavy atom. The van der Waals surface area contributed by atoms with Crippen molar-refractivity contribution in [3.8, 4) is 11.6 Å². The van der Waals surface area contributed by atoms with Gasteiger partial charge in [0.1, 0.15) is 24.5 Å². The lowest BCUT2D eigenvalue weighted by Gasteiger charge is -2.27. The lowest BCUT2D eigenvalue weighted by atomic mass is 9.93. The van der Waals surface area contributed by atoms with Crippen LogP contribution in [0.2, 0.25) is 0 Å². The summed E-state index contributed by atoms with van der Waals surface area (Å²) in [5.74, 6) is 0.817. The van der Waals surface area contributed by atoms with Crippen molar-refractivity contribution in [3.63, 3.8) is 0 Å². The van der Waals surface area contributed by atoms with Gasteiger partial charge in [-0.05, 0) is 31.4 Å². The van der Waals surface area contributed by atoms with Crippen LogP contribution in [0.5, 0.6) is 5.75 Å². The number of rotatable bonds is 7. The Hall–Kier alpha value is -2.02. The van der Waals surface area contributed by atoms with Crippen molar-refractivity contribution in [2.24, 2.45) is 11.7 Å². The summed E-state index contributed by atoms with van der Waals surface area (Å²) in [4.78, 5) is 7.86. The first-order chi connectivity index (χ1) is 10.8. The van der Waals surface area contributed by atoms with Crippen molar-refractivity contribution in [1.29, 1.82) is 0 Å². The Kier molecular flexibility index (Phi) is 5.30. The molecule has 0 bridgehead atoms. The molecule has 0 unspecified atom stereocenters. The molecule has 23 heavy (non-hydrogen) atoms. The van der Waals surface area contributed by atoms with Crippen LogP contribution in [0.25, 0.3) is 5.82 Å². The molecule has 2 aromatic rings. The van der Waals surface area contributed by atoms with Gasteiger partial charge in [-0.25, -0.2) is 18.7 Å². The predicted molar refractivity (Wildman–Crippen MR) is 83.9 cm³/mol. The summed E-state index contributed by atoms with van der Waals surface area (Å²) in [6.45, 7) is 6.10. The minimum Gasteiger partial charge on any atom is -0.490 e. The van der Waals surface area contributed by atoms with E-state index in [2.05, 4.69) is 23.8 Å². The molecule has 2 heterocycles. The third kappa shape index (κ3) is 4.72. The summed E-state index contributed by atoms with van der Waals surface area (Å²) in [6, 6.07) is 3.11. The van der Waals surface area contributed by atoms with E-state index in [0.29, 0.717) is 11.7 Å². The molecule has 0 saturated heterocycles. The molecule has 0 fully saturated rings. The number of alkyl halides is 2. The normalized spacial score (nSPS) is 14.3. The second kappa shape index (κ2) is 7.04. The molecule has 0 aliphatic carbocycles. The highest BCUT2D eigenvalue weighted by Gasteiger charge is 2.24. The predicted octanol–water partition coefficient (Wildman–Crippen LogP) is 3.35. The van der Waals surface area contributed by atoms with E-state index >= 15 is 0 Å². The van der Waals surface area contributed by atoms with Crippen LogP contribution in [0, 0.1) is 5.92 Å². The SMILES string of the molecule is CC(C)C[C@](C)(N)COc1ccc(-n2ccnc2)nc1C(F)F. The number of nitrogens with zero attached hydrogens (tertiary/aromatic N) is 3. The molecule has 0 spiro atoms. The summed E-state index contributed by atoms with van der Waals surface area (Å²) < 4.78 is 33.7. The first-order valence-corrected chi connectivity index (χ1v) is 7.47. The van der Waals surface area contributed by atoms with Gasteiger partial charge >= 0.3 is 0 Å². The third-order valence-electron chi connectivity index (χ3n) is 3.28. The zero-order valence-corrected chi connectivity index (χ0v) is 13.5. The fourth-order valence-corrected chi connectivity index (χ4v) is 2.50.